The van der Waals surface area contributed by atoms with Crippen LogP contribution in [0.4, 0.5) is 17.1 Å². The fourth-order valence-electron chi connectivity index (χ4n) is 10.5. The van der Waals surface area contributed by atoms with Crippen LogP contribution in [0.5, 0.6) is 11.5 Å². The van der Waals surface area contributed by atoms with Gasteiger partial charge in [0.15, 0.2) is 0 Å². The minimum Gasteiger partial charge on any atom is -0.458 e. The molecule has 10 aromatic rings. The van der Waals surface area contributed by atoms with Crippen LogP contribution in [0.3, 0.4) is 0 Å². The number of anilines is 3. The molecular formula is C49H29B2N3OS2. The van der Waals surface area contributed by atoms with E-state index in [9.17, 15) is 0 Å². The fraction of sp³-hybridized carbons (Fsp3) is 0.0204. The van der Waals surface area contributed by atoms with Gasteiger partial charge < -0.3 is 18.8 Å². The zero-order chi connectivity index (χ0) is 37.1. The maximum absolute atomic E-state index is 7.23. The summed E-state index contributed by atoms with van der Waals surface area (Å²) in [7, 11) is 0. The number of para-hydroxylation sites is 5. The van der Waals surface area contributed by atoms with Gasteiger partial charge in [-0.3, -0.25) is 0 Å². The van der Waals surface area contributed by atoms with Crippen molar-refractivity contribution in [3.8, 4) is 22.9 Å². The van der Waals surface area contributed by atoms with Crippen molar-refractivity contribution in [2.45, 2.75) is 16.7 Å². The minimum absolute atomic E-state index is 0.0342. The Morgan fingerprint density at radius 1 is 0.491 bits per heavy atom. The first-order valence-corrected chi connectivity index (χ1v) is 21.3. The lowest BCUT2D eigenvalue weighted by molar-refractivity contribution is 0.484. The summed E-state index contributed by atoms with van der Waals surface area (Å²) in [6.07, 6.45) is 0. The lowest BCUT2D eigenvalue weighted by Crippen LogP contribution is -2.53. The van der Waals surface area contributed by atoms with Gasteiger partial charge in [-0.2, -0.15) is 23.2 Å². The Bertz CT molecular complexity index is 3450. The van der Waals surface area contributed by atoms with Gasteiger partial charge in [-0.25, -0.2) is 0 Å². The van der Waals surface area contributed by atoms with Crippen LogP contribution in [0, 0.1) is 6.92 Å². The highest BCUT2D eigenvalue weighted by molar-refractivity contribution is 8.28. The summed E-state index contributed by atoms with van der Waals surface area (Å²) in [4.78, 5) is 5.10. The highest BCUT2D eigenvalue weighted by Crippen LogP contribution is 2.50. The predicted octanol–water partition coefficient (Wildman–Crippen LogP) is 10.5. The lowest BCUT2D eigenvalue weighted by Gasteiger charge is -2.40. The predicted molar refractivity (Wildman–Crippen MR) is 243 cm³/mol. The first kappa shape index (κ1) is 30.9. The smallest absolute Gasteiger partial charge is 0.291 e. The Morgan fingerprint density at radius 2 is 1.04 bits per heavy atom. The van der Waals surface area contributed by atoms with Crippen LogP contribution in [0.2, 0.25) is 0 Å². The molecule has 0 atom stereocenters. The summed E-state index contributed by atoms with van der Waals surface area (Å²) in [5, 5.41) is 5.16. The molecule has 8 aromatic carbocycles. The van der Waals surface area contributed by atoms with Gasteiger partial charge in [0, 0.05) is 70.8 Å². The number of aromatic nitrogens is 2. The van der Waals surface area contributed by atoms with Crippen LogP contribution in [0.15, 0.2) is 168 Å². The minimum atomic E-state index is 0.0342. The van der Waals surface area contributed by atoms with Crippen molar-refractivity contribution >= 4 is 118 Å². The monoisotopic (exact) mass is 761 g/mol. The van der Waals surface area contributed by atoms with Gasteiger partial charge in [-0.1, -0.05) is 97.1 Å². The van der Waals surface area contributed by atoms with Gasteiger partial charge in [0.1, 0.15) is 11.5 Å². The first-order chi connectivity index (χ1) is 28.2. The molecule has 0 amide bonds. The molecule has 0 unspecified atom stereocenters. The Hall–Kier alpha value is -6.21. The maximum atomic E-state index is 7.23. The zero-order valence-electron chi connectivity index (χ0n) is 30.7. The number of hydrogen-bond acceptors (Lipinski definition) is 4. The summed E-state index contributed by atoms with van der Waals surface area (Å²) in [5.74, 6) is 1.99. The molecule has 57 heavy (non-hydrogen) atoms. The second-order valence-corrected chi connectivity index (χ2v) is 17.8. The van der Waals surface area contributed by atoms with Gasteiger partial charge in [0.25, 0.3) is 12.0 Å². The van der Waals surface area contributed by atoms with Crippen LogP contribution in [0.25, 0.3) is 55.0 Å². The van der Waals surface area contributed by atoms with Crippen molar-refractivity contribution in [3.63, 3.8) is 0 Å². The second kappa shape index (κ2) is 11.0. The van der Waals surface area contributed by atoms with Gasteiger partial charge >= 0.3 is 0 Å². The highest BCUT2D eigenvalue weighted by Gasteiger charge is 2.45. The van der Waals surface area contributed by atoms with E-state index >= 15 is 0 Å². The summed E-state index contributed by atoms with van der Waals surface area (Å²) >= 11 is 3.97. The zero-order valence-corrected chi connectivity index (χ0v) is 32.4. The summed E-state index contributed by atoms with van der Waals surface area (Å²) < 4.78 is 12.3. The van der Waals surface area contributed by atoms with Gasteiger partial charge in [0.05, 0.1) is 22.1 Å². The molecule has 4 nitrogen and oxygen atoms in total. The Morgan fingerprint density at radius 3 is 1.72 bits per heavy atom. The Kier molecular flexibility index (Phi) is 5.97. The van der Waals surface area contributed by atoms with Crippen LogP contribution in [0.1, 0.15) is 5.56 Å². The molecule has 0 radical (unpaired) electrons. The van der Waals surface area contributed by atoms with E-state index in [4.69, 9.17) is 4.74 Å². The van der Waals surface area contributed by atoms with Crippen molar-refractivity contribution in [1.29, 1.82) is 0 Å². The maximum Gasteiger partial charge on any atom is 0.291 e. The largest absolute Gasteiger partial charge is 0.458 e. The van der Waals surface area contributed by atoms with Crippen molar-refractivity contribution in [2.24, 2.45) is 0 Å². The number of rotatable bonds is 1. The van der Waals surface area contributed by atoms with Crippen LogP contribution < -0.4 is 31.5 Å². The van der Waals surface area contributed by atoms with E-state index in [0.29, 0.717) is 0 Å². The number of fused-ring (bicyclic) bond motifs is 12. The molecule has 8 heteroatoms. The third-order valence-corrected chi connectivity index (χ3v) is 15.3. The molecule has 2 aromatic heterocycles. The van der Waals surface area contributed by atoms with Crippen molar-refractivity contribution in [2.75, 3.05) is 4.90 Å². The third-order valence-electron chi connectivity index (χ3n) is 12.7. The van der Waals surface area contributed by atoms with E-state index in [2.05, 4.69) is 179 Å². The molecule has 4 aliphatic rings. The Labute approximate surface area is 337 Å². The van der Waals surface area contributed by atoms with E-state index in [-0.39, 0.29) is 12.0 Å². The van der Waals surface area contributed by atoms with Crippen molar-refractivity contribution < 1.29 is 4.74 Å². The molecule has 0 fully saturated rings. The Balaban J connectivity index is 1.07. The molecule has 0 aliphatic carbocycles. The lowest BCUT2D eigenvalue weighted by atomic mass is 9.53. The van der Waals surface area contributed by atoms with E-state index < -0.39 is 0 Å². The average molecular weight is 762 g/mol. The first-order valence-electron chi connectivity index (χ1n) is 19.6. The van der Waals surface area contributed by atoms with E-state index in [1.165, 1.54) is 104 Å². The average Bonchev–Trinajstić information content (AvgIpc) is 3.66. The molecule has 4 aliphatic heterocycles. The standard InChI is InChI=1S/C49H29B2N3OS2/c1-28-46-34(27-35-49(28)55-41-24-12-23-40-45(41)51(35)57-43-26-10-18-33-31-16-6-8-20-37(31)54(40)48(33)43)50-44-38(52(46)29-13-3-2-4-14-29)21-11-22-39(44)53-36-19-7-5-15-30(36)32-17-9-25-42(56-50)47(32)53/h2-27H,1H3. The molecule has 0 saturated heterocycles. The van der Waals surface area contributed by atoms with Crippen LogP contribution >= 0.6 is 23.2 Å². The number of benzene rings is 8. The van der Waals surface area contributed by atoms with Crippen molar-refractivity contribution in [1.82, 2.24) is 9.13 Å². The summed E-state index contributed by atoms with van der Waals surface area (Å²) in [6, 6.07) is 58.4. The highest BCUT2D eigenvalue weighted by atomic mass is 32.2. The van der Waals surface area contributed by atoms with Crippen molar-refractivity contribution in [3.05, 3.63) is 163 Å². The number of hydrogen-bond donors (Lipinski definition) is 0. The number of ether oxygens (including phenoxy) is 1. The van der Waals surface area contributed by atoms with Gasteiger partial charge in [0.2, 0.25) is 0 Å². The topological polar surface area (TPSA) is 22.3 Å². The molecule has 0 saturated carbocycles. The van der Waals surface area contributed by atoms with E-state index in [1.54, 1.807) is 0 Å². The van der Waals surface area contributed by atoms with E-state index in [1.807, 2.05) is 23.2 Å². The third kappa shape index (κ3) is 3.85. The van der Waals surface area contributed by atoms with Gasteiger partial charge in [-0.15, -0.1) is 0 Å². The molecule has 0 N–H and O–H groups in total. The molecule has 0 bridgehead atoms. The molecule has 0 spiro atoms. The molecule has 6 heterocycles. The molecule has 264 valence electrons. The normalized spacial score (nSPS) is 14.3. The molecule has 14 rings (SSSR count). The second-order valence-electron chi connectivity index (χ2n) is 15.5. The number of nitrogens with zero attached hydrogens (tertiary/aromatic N) is 3. The summed E-state index contributed by atoms with van der Waals surface area (Å²) in [6.45, 7) is 2.29. The quantitative estimate of drug-likeness (QED) is 0.155. The van der Waals surface area contributed by atoms with Crippen LogP contribution in [-0.2, 0) is 0 Å². The SMILES string of the molecule is Cc1c2c(cc3c1N(c1ccccc1)c1cccc4c1B3Sc1cccc3c5ccccc5n-4c13)B1Sc3cccc4c5ccccc5n(c34)-c3cccc(c31)O2. The summed E-state index contributed by atoms with van der Waals surface area (Å²) in [5.41, 5.74) is 17.4. The molecular weight excluding hydrogens is 732 g/mol. The fourth-order valence-corrected chi connectivity index (χ4v) is 13.3. The van der Waals surface area contributed by atoms with Crippen LogP contribution in [-0.4, -0.2) is 21.1 Å². The van der Waals surface area contributed by atoms with E-state index in [0.717, 1.165) is 17.2 Å². The van der Waals surface area contributed by atoms with Gasteiger partial charge in [-0.05, 0) is 84.0 Å².